The average molecular weight is 442 g/mol. The number of aromatic carboxylic acids is 1. The Labute approximate surface area is 179 Å². The molecule has 30 heavy (non-hydrogen) atoms. The summed E-state index contributed by atoms with van der Waals surface area (Å²) in [5.74, 6) is -1.05. The number of hydrogen-bond donors (Lipinski definition) is 3. The molecule has 1 fully saturated rings. The Bertz CT molecular complexity index is 799. The summed E-state index contributed by atoms with van der Waals surface area (Å²) in [6.07, 6.45) is 6.87. The van der Waals surface area contributed by atoms with Crippen molar-refractivity contribution in [2.24, 2.45) is 5.14 Å². The zero-order valence-corrected chi connectivity index (χ0v) is 18.8. The summed E-state index contributed by atoms with van der Waals surface area (Å²) in [6.45, 7) is 6.72. The van der Waals surface area contributed by atoms with Gasteiger partial charge >= 0.3 is 5.97 Å². The van der Waals surface area contributed by atoms with E-state index in [0.717, 1.165) is 57.6 Å². The highest BCUT2D eigenvalue weighted by molar-refractivity contribution is 7.89. The SMILES string of the molecule is CCCCN(CCCC)c1cc(C(=O)O)cc(S(N)(=O)=O)c1OCC1CCCCN1. The summed E-state index contributed by atoms with van der Waals surface area (Å²) >= 11 is 0. The van der Waals surface area contributed by atoms with Crippen molar-refractivity contribution in [3.63, 3.8) is 0 Å². The predicted molar refractivity (Wildman–Crippen MR) is 118 cm³/mol. The fraction of sp³-hybridized carbons (Fsp3) is 0.667. The maximum Gasteiger partial charge on any atom is 0.335 e. The van der Waals surface area contributed by atoms with Crippen molar-refractivity contribution in [3.8, 4) is 5.75 Å². The van der Waals surface area contributed by atoms with Gasteiger partial charge in [0.05, 0.1) is 11.3 Å². The van der Waals surface area contributed by atoms with E-state index in [9.17, 15) is 18.3 Å². The molecule has 1 aromatic rings. The molecule has 1 unspecified atom stereocenters. The highest BCUT2D eigenvalue weighted by Crippen LogP contribution is 2.37. The second kappa shape index (κ2) is 11.5. The van der Waals surface area contributed by atoms with Gasteiger partial charge in [-0.2, -0.15) is 0 Å². The van der Waals surface area contributed by atoms with Crippen LogP contribution in [0.25, 0.3) is 0 Å². The maximum atomic E-state index is 12.4. The zero-order chi connectivity index (χ0) is 22.1. The van der Waals surface area contributed by atoms with Crippen LogP contribution in [0.5, 0.6) is 5.75 Å². The highest BCUT2D eigenvalue weighted by Gasteiger charge is 2.26. The van der Waals surface area contributed by atoms with Crippen LogP contribution in [0, 0.1) is 0 Å². The normalized spacial score (nSPS) is 17.0. The van der Waals surface area contributed by atoms with Gasteiger partial charge < -0.3 is 20.1 Å². The van der Waals surface area contributed by atoms with E-state index in [4.69, 9.17) is 9.88 Å². The first-order valence-electron chi connectivity index (χ1n) is 10.8. The maximum absolute atomic E-state index is 12.4. The van der Waals surface area contributed by atoms with Crippen molar-refractivity contribution in [2.45, 2.75) is 69.7 Å². The largest absolute Gasteiger partial charge is 0.488 e. The highest BCUT2D eigenvalue weighted by atomic mass is 32.2. The summed E-state index contributed by atoms with van der Waals surface area (Å²) in [6, 6.07) is 2.73. The van der Waals surface area contributed by atoms with E-state index in [2.05, 4.69) is 19.2 Å². The molecule has 1 heterocycles. The number of nitrogens with zero attached hydrogens (tertiary/aromatic N) is 1. The fourth-order valence-electron chi connectivity index (χ4n) is 3.60. The predicted octanol–water partition coefficient (Wildman–Crippen LogP) is 2.96. The van der Waals surface area contributed by atoms with Crippen molar-refractivity contribution in [1.29, 1.82) is 0 Å². The first-order valence-corrected chi connectivity index (χ1v) is 12.4. The summed E-state index contributed by atoms with van der Waals surface area (Å²) in [5.41, 5.74) is 0.367. The van der Waals surface area contributed by atoms with Crippen LogP contribution in [0.15, 0.2) is 17.0 Å². The number of benzene rings is 1. The Hall–Kier alpha value is -1.84. The van der Waals surface area contributed by atoms with Crippen molar-refractivity contribution in [3.05, 3.63) is 17.7 Å². The van der Waals surface area contributed by atoms with Crippen molar-refractivity contribution in [2.75, 3.05) is 31.1 Å². The lowest BCUT2D eigenvalue weighted by atomic mass is 10.1. The number of hydrogen-bond acceptors (Lipinski definition) is 6. The molecule has 0 radical (unpaired) electrons. The smallest absolute Gasteiger partial charge is 0.335 e. The molecule has 1 atom stereocenters. The molecule has 4 N–H and O–H groups in total. The van der Waals surface area contributed by atoms with Gasteiger partial charge in [-0.1, -0.05) is 33.1 Å². The molecular weight excluding hydrogens is 406 g/mol. The Morgan fingerprint density at radius 3 is 2.40 bits per heavy atom. The summed E-state index contributed by atoms with van der Waals surface area (Å²) in [5, 5.41) is 18.4. The molecule has 0 amide bonds. The van der Waals surface area contributed by atoms with E-state index in [-0.39, 0.29) is 22.3 Å². The molecule has 0 spiro atoms. The number of carboxylic acid groups (broad SMARTS) is 1. The van der Waals surface area contributed by atoms with Crippen LogP contribution in [0.4, 0.5) is 5.69 Å². The fourth-order valence-corrected chi connectivity index (χ4v) is 4.32. The Kier molecular flexibility index (Phi) is 9.38. The minimum absolute atomic E-state index is 0.116. The molecular formula is C21H35N3O5S. The molecule has 8 nitrogen and oxygen atoms in total. The number of rotatable bonds is 12. The molecule has 0 aliphatic carbocycles. The van der Waals surface area contributed by atoms with Crippen LogP contribution in [0.1, 0.15) is 69.2 Å². The number of primary sulfonamides is 1. The van der Waals surface area contributed by atoms with E-state index in [0.29, 0.717) is 25.4 Å². The second-order valence-corrected chi connectivity index (χ2v) is 9.35. The third-order valence-corrected chi connectivity index (χ3v) is 6.25. The minimum atomic E-state index is -4.17. The van der Waals surface area contributed by atoms with E-state index in [1.165, 1.54) is 6.07 Å². The zero-order valence-electron chi connectivity index (χ0n) is 18.0. The van der Waals surface area contributed by atoms with Gasteiger partial charge in [-0.25, -0.2) is 18.4 Å². The van der Waals surface area contributed by atoms with Gasteiger partial charge in [0.2, 0.25) is 10.0 Å². The number of ether oxygens (including phenoxy) is 1. The Balaban J connectivity index is 2.52. The van der Waals surface area contributed by atoms with Crippen molar-refractivity contribution in [1.82, 2.24) is 5.32 Å². The average Bonchev–Trinajstić information content (AvgIpc) is 2.72. The number of carbonyl (C=O) groups is 1. The van der Waals surface area contributed by atoms with Crippen LogP contribution in [0.2, 0.25) is 0 Å². The molecule has 9 heteroatoms. The molecule has 0 saturated carbocycles. The number of carboxylic acids is 1. The lowest BCUT2D eigenvalue weighted by molar-refractivity contribution is 0.0696. The van der Waals surface area contributed by atoms with E-state index < -0.39 is 16.0 Å². The van der Waals surface area contributed by atoms with Crippen LogP contribution in [-0.4, -0.2) is 51.8 Å². The van der Waals surface area contributed by atoms with Crippen molar-refractivity contribution < 1.29 is 23.1 Å². The van der Waals surface area contributed by atoms with Gasteiger partial charge in [0.15, 0.2) is 5.75 Å². The Morgan fingerprint density at radius 1 is 1.23 bits per heavy atom. The van der Waals surface area contributed by atoms with Gasteiger partial charge in [-0.15, -0.1) is 0 Å². The lowest BCUT2D eigenvalue weighted by Gasteiger charge is -2.30. The molecule has 1 aliphatic rings. The second-order valence-electron chi connectivity index (χ2n) is 7.82. The number of anilines is 1. The monoisotopic (exact) mass is 441 g/mol. The number of piperidine rings is 1. The van der Waals surface area contributed by atoms with Gasteiger partial charge in [0.25, 0.3) is 0 Å². The number of unbranched alkanes of at least 4 members (excludes halogenated alkanes) is 2. The molecule has 0 aromatic heterocycles. The molecule has 170 valence electrons. The van der Waals surface area contributed by atoms with Crippen LogP contribution in [-0.2, 0) is 10.0 Å². The van der Waals surface area contributed by atoms with Crippen LogP contribution >= 0.6 is 0 Å². The number of sulfonamides is 1. The molecule has 1 saturated heterocycles. The number of nitrogens with two attached hydrogens (primary N) is 1. The van der Waals surface area contributed by atoms with Crippen LogP contribution in [0.3, 0.4) is 0 Å². The lowest BCUT2D eigenvalue weighted by Crippen LogP contribution is -2.39. The first kappa shape index (κ1) is 24.4. The van der Waals surface area contributed by atoms with Gasteiger partial charge in [0.1, 0.15) is 11.5 Å². The first-order chi connectivity index (χ1) is 14.3. The summed E-state index contributed by atoms with van der Waals surface area (Å²) in [7, 11) is -4.17. The molecule has 0 bridgehead atoms. The third kappa shape index (κ3) is 6.85. The standard InChI is InChI=1S/C21H35N3O5S/c1-3-5-11-24(12-6-4-2)18-13-16(21(25)26)14-19(30(22,27)28)20(18)29-15-17-9-7-8-10-23-17/h13-14,17,23H,3-12,15H2,1-2H3,(H,25,26)(H2,22,27,28). The summed E-state index contributed by atoms with van der Waals surface area (Å²) < 4.78 is 30.8. The quantitative estimate of drug-likeness (QED) is 0.456. The van der Waals surface area contributed by atoms with E-state index >= 15 is 0 Å². The van der Waals surface area contributed by atoms with Gasteiger partial charge in [0, 0.05) is 19.1 Å². The van der Waals surface area contributed by atoms with Crippen molar-refractivity contribution >= 4 is 21.7 Å². The molecule has 2 rings (SSSR count). The summed E-state index contributed by atoms with van der Waals surface area (Å²) in [4.78, 5) is 13.4. The molecule has 1 aromatic carbocycles. The van der Waals surface area contributed by atoms with Crippen LogP contribution < -0.4 is 20.1 Å². The van der Waals surface area contributed by atoms with Gasteiger partial charge in [-0.3, -0.25) is 0 Å². The number of nitrogens with one attached hydrogen (secondary N) is 1. The van der Waals surface area contributed by atoms with E-state index in [1.807, 2.05) is 4.90 Å². The molecule has 1 aliphatic heterocycles. The third-order valence-electron chi connectivity index (χ3n) is 5.33. The topological polar surface area (TPSA) is 122 Å². The van der Waals surface area contributed by atoms with Gasteiger partial charge in [-0.05, 0) is 44.4 Å². The van der Waals surface area contributed by atoms with E-state index in [1.54, 1.807) is 0 Å². The Morgan fingerprint density at radius 2 is 1.90 bits per heavy atom. The minimum Gasteiger partial charge on any atom is -0.488 e.